The lowest BCUT2D eigenvalue weighted by atomic mass is 10.1. The second kappa shape index (κ2) is 5.74. The summed E-state index contributed by atoms with van der Waals surface area (Å²) >= 11 is 24.1. The van der Waals surface area contributed by atoms with Crippen molar-refractivity contribution in [2.45, 2.75) is 4.90 Å². The molecule has 0 aliphatic carbocycles. The highest BCUT2D eigenvalue weighted by Crippen LogP contribution is 2.39. The van der Waals surface area contributed by atoms with Gasteiger partial charge in [-0.25, -0.2) is 8.42 Å². The van der Waals surface area contributed by atoms with Gasteiger partial charge in [0.25, 0.3) is 0 Å². The SMILES string of the molecule is CS(=O)(=O)c1cc(Cl)cc(-c2ccc(Cl)cc2Cl)c1Cl. The zero-order valence-corrected chi connectivity index (χ0v) is 14.0. The molecule has 2 nitrogen and oxygen atoms in total. The van der Waals surface area contributed by atoms with Gasteiger partial charge in [0, 0.05) is 32.5 Å². The van der Waals surface area contributed by atoms with Crippen LogP contribution < -0.4 is 0 Å². The molecule has 106 valence electrons. The minimum atomic E-state index is -3.49. The van der Waals surface area contributed by atoms with E-state index in [0.29, 0.717) is 21.2 Å². The van der Waals surface area contributed by atoms with Gasteiger partial charge in [0.15, 0.2) is 9.84 Å². The quantitative estimate of drug-likeness (QED) is 0.712. The van der Waals surface area contributed by atoms with E-state index in [1.54, 1.807) is 24.3 Å². The van der Waals surface area contributed by atoms with Crippen molar-refractivity contribution in [3.05, 3.63) is 50.4 Å². The van der Waals surface area contributed by atoms with Gasteiger partial charge in [0.05, 0.1) is 9.92 Å². The van der Waals surface area contributed by atoms with Crippen LogP contribution in [-0.2, 0) is 9.84 Å². The molecule has 2 rings (SSSR count). The van der Waals surface area contributed by atoms with Gasteiger partial charge in [0.1, 0.15) is 0 Å². The second-order valence-electron chi connectivity index (χ2n) is 4.16. The molecule has 0 amide bonds. The predicted octanol–water partition coefficient (Wildman–Crippen LogP) is 5.37. The van der Waals surface area contributed by atoms with Gasteiger partial charge >= 0.3 is 0 Å². The van der Waals surface area contributed by atoms with Crippen molar-refractivity contribution in [2.75, 3.05) is 6.26 Å². The molecule has 0 aromatic heterocycles. The van der Waals surface area contributed by atoms with E-state index in [4.69, 9.17) is 46.4 Å². The summed E-state index contributed by atoms with van der Waals surface area (Å²) < 4.78 is 23.5. The molecular formula is C13H8Cl4O2S. The Hall–Kier alpha value is -0.450. The molecule has 7 heteroatoms. The molecular weight excluding hydrogens is 362 g/mol. The highest BCUT2D eigenvalue weighted by atomic mass is 35.5. The first-order valence-electron chi connectivity index (χ1n) is 5.34. The van der Waals surface area contributed by atoms with E-state index in [1.165, 1.54) is 6.07 Å². The van der Waals surface area contributed by atoms with E-state index in [2.05, 4.69) is 0 Å². The van der Waals surface area contributed by atoms with Crippen molar-refractivity contribution in [2.24, 2.45) is 0 Å². The van der Waals surface area contributed by atoms with Crippen molar-refractivity contribution >= 4 is 56.2 Å². The summed E-state index contributed by atoms with van der Waals surface area (Å²) in [5.74, 6) is 0. The fraction of sp³-hybridized carbons (Fsp3) is 0.0769. The molecule has 2 aromatic rings. The van der Waals surface area contributed by atoms with Gasteiger partial charge in [-0.3, -0.25) is 0 Å². The summed E-state index contributed by atoms with van der Waals surface area (Å²) in [4.78, 5) is -0.0346. The van der Waals surface area contributed by atoms with Crippen molar-refractivity contribution in [3.8, 4) is 11.1 Å². The Morgan fingerprint density at radius 3 is 2.05 bits per heavy atom. The molecule has 0 aliphatic heterocycles. The molecule has 0 saturated carbocycles. The number of benzene rings is 2. The summed E-state index contributed by atoms with van der Waals surface area (Å²) in [5.41, 5.74) is 1.01. The monoisotopic (exact) mass is 368 g/mol. The van der Waals surface area contributed by atoms with Crippen molar-refractivity contribution < 1.29 is 8.42 Å². The summed E-state index contributed by atoms with van der Waals surface area (Å²) in [7, 11) is -3.49. The lowest BCUT2D eigenvalue weighted by Gasteiger charge is -2.11. The van der Waals surface area contributed by atoms with E-state index in [0.717, 1.165) is 6.26 Å². The molecule has 0 spiro atoms. The van der Waals surface area contributed by atoms with Gasteiger partial charge in [-0.1, -0.05) is 52.5 Å². The molecule has 0 atom stereocenters. The van der Waals surface area contributed by atoms with E-state index in [9.17, 15) is 8.42 Å². The predicted molar refractivity (Wildman–Crippen MR) is 85.0 cm³/mol. The number of hydrogen-bond donors (Lipinski definition) is 0. The molecule has 0 unspecified atom stereocenters. The summed E-state index contributed by atoms with van der Waals surface area (Å²) in [5, 5.41) is 1.18. The molecule has 0 bridgehead atoms. The minimum absolute atomic E-state index is 0.0346. The van der Waals surface area contributed by atoms with Crippen molar-refractivity contribution in [1.29, 1.82) is 0 Å². The fourth-order valence-electron chi connectivity index (χ4n) is 1.74. The number of halogens is 4. The van der Waals surface area contributed by atoms with Crippen molar-refractivity contribution in [3.63, 3.8) is 0 Å². The number of rotatable bonds is 2. The van der Waals surface area contributed by atoms with Crippen LogP contribution in [0.15, 0.2) is 35.2 Å². The summed E-state index contributed by atoms with van der Waals surface area (Å²) in [6.45, 7) is 0. The third kappa shape index (κ3) is 3.23. The van der Waals surface area contributed by atoms with Crippen molar-refractivity contribution in [1.82, 2.24) is 0 Å². The van der Waals surface area contributed by atoms with Gasteiger partial charge in [-0.2, -0.15) is 0 Å². The number of hydrogen-bond acceptors (Lipinski definition) is 2. The zero-order chi connectivity index (χ0) is 15.1. The zero-order valence-electron chi connectivity index (χ0n) is 10.1. The van der Waals surface area contributed by atoms with Crippen LogP contribution in [0, 0.1) is 0 Å². The minimum Gasteiger partial charge on any atom is -0.224 e. The fourth-order valence-corrected chi connectivity index (χ4v) is 3.94. The Labute approximate surface area is 137 Å². The molecule has 0 heterocycles. The first-order valence-corrected chi connectivity index (χ1v) is 8.75. The first kappa shape index (κ1) is 15.9. The molecule has 2 aromatic carbocycles. The molecule has 0 fully saturated rings. The lowest BCUT2D eigenvalue weighted by Crippen LogP contribution is -1.99. The van der Waals surface area contributed by atoms with E-state index >= 15 is 0 Å². The van der Waals surface area contributed by atoms with Crippen LogP contribution in [0.5, 0.6) is 0 Å². The van der Waals surface area contributed by atoms with Crippen LogP contribution in [0.25, 0.3) is 11.1 Å². The van der Waals surface area contributed by atoms with Crippen LogP contribution in [0.4, 0.5) is 0 Å². The van der Waals surface area contributed by atoms with Gasteiger partial charge < -0.3 is 0 Å². The normalized spacial score (nSPS) is 11.7. The largest absolute Gasteiger partial charge is 0.224 e. The summed E-state index contributed by atoms with van der Waals surface area (Å²) in [6.07, 6.45) is 1.07. The van der Waals surface area contributed by atoms with Gasteiger partial charge in [0.2, 0.25) is 0 Å². The molecule has 0 aliphatic rings. The Kier molecular flexibility index (Phi) is 4.57. The maximum atomic E-state index is 11.7. The molecule has 0 saturated heterocycles. The van der Waals surface area contributed by atoms with Crippen LogP contribution in [-0.4, -0.2) is 14.7 Å². The van der Waals surface area contributed by atoms with Crippen LogP contribution in [0.3, 0.4) is 0 Å². The smallest absolute Gasteiger partial charge is 0.177 e. The van der Waals surface area contributed by atoms with Gasteiger partial charge in [-0.05, 0) is 24.3 Å². The third-order valence-electron chi connectivity index (χ3n) is 2.62. The standard InChI is InChI=1S/C13H8Cl4O2S/c1-20(18,19)12-6-8(15)4-10(13(12)17)9-3-2-7(14)5-11(9)16/h2-6H,1H3. The van der Waals surface area contributed by atoms with Gasteiger partial charge in [-0.15, -0.1) is 0 Å². The topological polar surface area (TPSA) is 34.1 Å². The lowest BCUT2D eigenvalue weighted by molar-refractivity contribution is 0.602. The second-order valence-corrected chi connectivity index (χ2v) is 7.80. The van der Waals surface area contributed by atoms with E-state index in [1.807, 2.05) is 0 Å². The number of sulfone groups is 1. The maximum absolute atomic E-state index is 11.7. The Bertz CT molecular complexity index is 785. The van der Waals surface area contributed by atoms with Crippen LogP contribution in [0.2, 0.25) is 20.1 Å². The Morgan fingerprint density at radius 1 is 0.850 bits per heavy atom. The van der Waals surface area contributed by atoms with E-state index in [-0.39, 0.29) is 14.9 Å². The van der Waals surface area contributed by atoms with E-state index < -0.39 is 9.84 Å². The molecule has 20 heavy (non-hydrogen) atoms. The Morgan fingerprint density at radius 2 is 1.50 bits per heavy atom. The highest BCUT2D eigenvalue weighted by Gasteiger charge is 2.19. The maximum Gasteiger partial charge on any atom is 0.177 e. The third-order valence-corrected chi connectivity index (χ3v) is 5.03. The van der Waals surface area contributed by atoms with Crippen LogP contribution >= 0.6 is 46.4 Å². The molecule has 0 radical (unpaired) electrons. The highest BCUT2D eigenvalue weighted by molar-refractivity contribution is 7.90. The average Bonchev–Trinajstić information content (AvgIpc) is 2.31. The first-order chi connectivity index (χ1) is 9.20. The van der Waals surface area contributed by atoms with Crippen LogP contribution in [0.1, 0.15) is 0 Å². The summed E-state index contributed by atoms with van der Waals surface area (Å²) in [6, 6.07) is 7.73. The Balaban J connectivity index is 2.78. The average molecular weight is 370 g/mol. The molecule has 0 N–H and O–H groups in total.